The molecule has 2 aromatic rings. The second-order valence-electron chi connectivity index (χ2n) is 4.47. The van der Waals surface area contributed by atoms with Gasteiger partial charge >= 0.3 is 0 Å². The van der Waals surface area contributed by atoms with E-state index in [0.29, 0.717) is 0 Å². The van der Waals surface area contributed by atoms with Crippen LogP contribution in [0, 0.1) is 5.82 Å². The van der Waals surface area contributed by atoms with Gasteiger partial charge in [0.15, 0.2) is 0 Å². The number of rotatable bonds is 4. The average molecular weight is 437 g/mol. The maximum Gasteiger partial charge on any atom is 0.242 e. The van der Waals surface area contributed by atoms with Crippen LogP contribution in [0.5, 0.6) is 0 Å². The van der Waals surface area contributed by atoms with Crippen LogP contribution in [0.1, 0.15) is 18.5 Å². The number of nitrogens with one attached hydrogen (secondary N) is 1. The normalized spacial score (nSPS) is 13.1. The summed E-state index contributed by atoms with van der Waals surface area (Å²) in [5.41, 5.74) is 0.833. The van der Waals surface area contributed by atoms with Crippen LogP contribution in [0.2, 0.25) is 0 Å². The van der Waals surface area contributed by atoms with Crippen LogP contribution in [0.3, 0.4) is 0 Å². The Morgan fingerprint density at radius 1 is 1.10 bits per heavy atom. The first-order valence-corrected chi connectivity index (χ1v) is 9.09. The molecular weight excluding hydrogens is 425 g/mol. The molecule has 0 radical (unpaired) electrons. The summed E-state index contributed by atoms with van der Waals surface area (Å²) in [6, 6.07) is 10.4. The van der Waals surface area contributed by atoms with Gasteiger partial charge in [-0.05, 0) is 58.7 Å². The van der Waals surface area contributed by atoms with Crippen LogP contribution in [0.25, 0.3) is 0 Å². The van der Waals surface area contributed by atoms with Crippen LogP contribution in [0.15, 0.2) is 56.3 Å². The van der Waals surface area contributed by atoms with E-state index in [-0.39, 0.29) is 9.37 Å². The summed E-state index contributed by atoms with van der Waals surface area (Å²) in [7, 11) is -3.74. The van der Waals surface area contributed by atoms with Gasteiger partial charge in [-0.3, -0.25) is 0 Å². The molecule has 0 saturated heterocycles. The molecule has 0 heterocycles. The van der Waals surface area contributed by atoms with E-state index in [0.717, 1.165) is 22.2 Å². The summed E-state index contributed by atoms with van der Waals surface area (Å²) < 4.78 is 41.4. The van der Waals surface area contributed by atoms with Crippen LogP contribution in [-0.4, -0.2) is 8.42 Å². The molecule has 1 N–H and O–H groups in total. The van der Waals surface area contributed by atoms with Crippen molar-refractivity contribution in [2.24, 2.45) is 0 Å². The van der Waals surface area contributed by atoms with Crippen molar-refractivity contribution in [1.82, 2.24) is 4.72 Å². The Kier molecular flexibility index (Phi) is 5.19. The quantitative estimate of drug-likeness (QED) is 0.772. The minimum atomic E-state index is -3.74. The zero-order valence-electron chi connectivity index (χ0n) is 11.0. The van der Waals surface area contributed by atoms with Gasteiger partial charge in [0.05, 0.1) is 4.90 Å². The van der Waals surface area contributed by atoms with Crippen molar-refractivity contribution in [3.8, 4) is 0 Å². The maximum absolute atomic E-state index is 13.1. The predicted octanol–water partition coefficient (Wildman–Crippen LogP) is 4.39. The molecule has 1 atom stereocenters. The number of benzene rings is 2. The van der Waals surface area contributed by atoms with Gasteiger partial charge in [-0.15, -0.1) is 0 Å². The Bertz CT molecular complexity index is 748. The largest absolute Gasteiger partial charge is 0.242 e. The standard InChI is InChI=1S/C14H12Br2FNO2S/c1-9(10-2-4-11(15)5-3-10)18-21(19,20)14-7-6-12(17)8-13(14)16/h2-9,18H,1H3/t9-/m0/s1. The first kappa shape index (κ1) is 16.6. The molecule has 0 spiro atoms. The van der Waals surface area contributed by atoms with Crippen LogP contribution < -0.4 is 4.72 Å². The van der Waals surface area contributed by atoms with E-state index in [2.05, 4.69) is 36.6 Å². The second kappa shape index (κ2) is 6.56. The summed E-state index contributed by atoms with van der Waals surface area (Å²) in [5, 5.41) is 0. The van der Waals surface area contributed by atoms with E-state index in [1.165, 1.54) is 6.07 Å². The van der Waals surface area contributed by atoms with Crippen LogP contribution in [0.4, 0.5) is 4.39 Å². The molecule has 7 heteroatoms. The lowest BCUT2D eigenvalue weighted by Crippen LogP contribution is -2.27. The Morgan fingerprint density at radius 2 is 1.71 bits per heavy atom. The molecule has 3 nitrogen and oxygen atoms in total. The van der Waals surface area contributed by atoms with E-state index in [9.17, 15) is 12.8 Å². The van der Waals surface area contributed by atoms with Gasteiger partial charge in [0, 0.05) is 15.0 Å². The molecule has 0 aliphatic carbocycles. The first-order valence-electron chi connectivity index (χ1n) is 6.02. The number of halogens is 3. The summed E-state index contributed by atoms with van der Waals surface area (Å²) in [6.07, 6.45) is 0. The van der Waals surface area contributed by atoms with E-state index in [1.807, 2.05) is 24.3 Å². The number of sulfonamides is 1. The summed E-state index contributed by atoms with van der Waals surface area (Å²) in [5.74, 6) is -0.498. The lowest BCUT2D eigenvalue weighted by Gasteiger charge is -2.15. The smallest absolute Gasteiger partial charge is 0.207 e. The zero-order valence-corrected chi connectivity index (χ0v) is 15.0. The fourth-order valence-corrected chi connectivity index (χ4v) is 4.35. The molecule has 0 fully saturated rings. The topological polar surface area (TPSA) is 46.2 Å². The van der Waals surface area contributed by atoms with Gasteiger partial charge in [-0.1, -0.05) is 28.1 Å². The molecule has 2 rings (SSSR count). The highest BCUT2D eigenvalue weighted by molar-refractivity contribution is 9.10. The highest BCUT2D eigenvalue weighted by Gasteiger charge is 2.21. The lowest BCUT2D eigenvalue weighted by atomic mass is 10.1. The molecule has 0 aliphatic rings. The summed E-state index contributed by atoms with van der Waals surface area (Å²) >= 11 is 6.40. The van der Waals surface area contributed by atoms with Crippen molar-refractivity contribution in [2.75, 3.05) is 0 Å². The molecule has 0 aliphatic heterocycles. The molecule has 112 valence electrons. The number of hydrogen-bond donors (Lipinski definition) is 1. The van der Waals surface area contributed by atoms with Crippen molar-refractivity contribution in [1.29, 1.82) is 0 Å². The van der Waals surface area contributed by atoms with Crippen molar-refractivity contribution in [2.45, 2.75) is 17.9 Å². The van der Waals surface area contributed by atoms with Gasteiger partial charge in [0.1, 0.15) is 5.82 Å². The van der Waals surface area contributed by atoms with Crippen molar-refractivity contribution < 1.29 is 12.8 Å². The van der Waals surface area contributed by atoms with Gasteiger partial charge in [-0.2, -0.15) is 0 Å². The average Bonchev–Trinajstić information content (AvgIpc) is 2.38. The summed E-state index contributed by atoms with van der Waals surface area (Å²) in [4.78, 5) is 0.00728. The second-order valence-corrected chi connectivity index (χ2v) is 7.92. The Labute approximate surface area is 139 Å². The fourth-order valence-electron chi connectivity index (χ4n) is 1.81. The summed E-state index contributed by atoms with van der Waals surface area (Å²) in [6.45, 7) is 1.75. The lowest BCUT2D eigenvalue weighted by molar-refractivity contribution is 0.565. The van der Waals surface area contributed by atoms with E-state index in [1.54, 1.807) is 6.92 Å². The fraction of sp³-hybridized carbons (Fsp3) is 0.143. The van der Waals surface area contributed by atoms with Gasteiger partial charge in [0.2, 0.25) is 10.0 Å². The third-order valence-electron chi connectivity index (χ3n) is 2.89. The third kappa shape index (κ3) is 4.12. The molecule has 0 unspecified atom stereocenters. The molecule has 0 bridgehead atoms. The molecule has 0 aromatic heterocycles. The van der Waals surface area contributed by atoms with E-state index < -0.39 is 21.9 Å². The molecule has 0 saturated carbocycles. The minimum absolute atomic E-state index is 0.00728. The first-order chi connectivity index (χ1) is 9.79. The number of hydrogen-bond acceptors (Lipinski definition) is 2. The SMILES string of the molecule is C[C@H](NS(=O)(=O)c1ccc(F)cc1Br)c1ccc(Br)cc1. The van der Waals surface area contributed by atoms with Crippen molar-refractivity contribution >= 4 is 41.9 Å². The minimum Gasteiger partial charge on any atom is -0.207 e. The molecule has 2 aromatic carbocycles. The highest BCUT2D eigenvalue weighted by atomic mass is 79.9. The Hall–Kier alpha value is -0.760. The van der Waals surface area contributed by atoms with E-state index in [4.69, 9.17) is 0 Å². The van der Waals surface area contributed by atoms with Gasteiger partial charge in [-0.25, -0.2) is 17.5 Å². The third-order valence-corrected chi connectivity index (χ3v) is 5.93. The van der Waals surface area contributed by atoms with Gasteiger partial charge < -0.3 is 0 Å². The maximum atomic E-state index is 13.1. The van der Waals surface area contributed by atoms with Crippen molar-refractivity contribution in [3.63, 3.8) is 0 Å². The van der Waals surface area contributed by atoms with Crippen LogP contribution >= 0.6 is 31.9 Å². The monoisotopic (exact) mass is 435 g/mol. The van der Waals surface area contributed by atoms with Crippen molar-refractivity contribution in [3.05, 3.63) is 62.8 Å². The highest BCUT2D eigenvalue weighted by Crippen LogP contribution is 2.25. The molecular formula is C14H12Br2FNO2S. The Balaban J connectivity index is 2.26. The van der Waals surface area contributed by atoms with E-state index >= 15 is 0 Å². The Morgan fingerprint density at radius 3 is 2.29 bits per heavy atom. The molecule has 0 amide bonds. The predicted molar refractivity (Wildman–Crippen MR) is 87.0 cm³/mol. The van der Waals surface area contributed by atoms with Crippen LogP contribution in [-0.2, 0) is 10.0 Å². The molecule has 21 heavy (non-hydrogen) atoms. The zero-order chi connectivity index (χ0) is 15.6. The van der Waals surface area contributed by atoms with Gasteiger partial charge in [0.25, 0.3) is 0 Å².